The van der Waals surface area contributed by atoms with Gasteiger partial charge in [-0.3, -0.25) is 4.72 Å². The van der Waals surface area contributed by atoms with Crippen molar-refractivity contribution in [3.05, 3.63) is 28.8 Å². The number of anilines is 1. The zero-order chi connectivity index (χ0) is 14.7. The third-order valence-corrected chi connectivity index (χ3v) is 4.86. The molecular weight excluding hydrogens is 282 g/mol. The van der Waals surface area contributed by atoms with Gasteiger partial charge in [-0.2, -0.15) is 0 Å². The minimum atomic E-state index is -3.25. The topological polar surface area (TPSA) is 46.2 Å². The van der Waals surface area contributed by atoms with Crippen molar-refractivity contribution < 1.29 is 8.42 Å². The molecule has 0 amide bonds. The fourth-order valence-electron chi connectivity index (χ4n) is 2.12. The number of rotatable bonds is 6. The van der Waals surface area contributed by atoms with Crippen LogP contribution in [0.3, 0.4) is 0 Å². The lowest BCUT2D eigenvalue weighted by atomic mass is 9.80. The second-order valence-electron chi connectivity index (χ2n) is 5.33. The van der Waals surface area contributed by atoms with Crippen molar-refractivity contribution in [1.82, 2.24) is 0 Å². The van der Waals surface area contributed by atoms with Crippen LogP contribution in [-0.4, -0.2) is 14.2 Å². The van der Waals surface area contributed by atoms with Crippen molar-refractivity contribution in [2.75, 3.05) is 10.5 Å². The first-order valence-electron chi connectivity index (χ1n) is 6.52. The molecule has 0 unspecified atom stereocenters. The lowest BCUT2D eigenvalue weighted by Crippen LogP contribution is -2.19. The molecule has 1 aromatic rings. The fourth-order valence-corrected chi connectivity index (χ4v) is 3.12. The zero-order valence-corrected chi connectivity index (χ0v) is 13.5. The molecule has 0 aromatic heterocycles. The van der Waals surface area contributed by atoms with Crippen LogP contribution in [0.1, 0.15) is 46.1 Å². The van der Waals surface area contributed by atoms with Crippen molar-refractivity contribution in [3.8, 4) is 0 Å². The Hall–Kier alpha value is -0.740. The summed E-state index contributed by atoms with van der Waals surface area (Å²) in [7, 11) is -3.25. The highest BCUT2D eigenvalue weighted by Gasteiger charge is 2.23. The Morgan fingerprint density at radius 1 is 1.26 bits per heavy atom. The summed E-state index contributed by atoms with van der Waals surface area (Å²) in [5.74, 6) is 0.0588. The normalized spacial score (nSPS) is 12.5. The molecule has 1 aromatic carbocycles. The van der Waals surface area contributed by atoms with E-state index in [9.17, 15) is 8.42 Å². The van der Waals surface area contributed by atoms with Crippen molar-refractivity contribution in [1.29, 1.82) is 0 Å². The van der Waals surface area contributed by atoms with Crippen molar-refractivity contribution in [3.63, 3.8) is 0 Å². The van der Waals surface area contributed by atoms with Gasteiger partial charge < -0.3 is 0 Å². The predicted octanol–water partition coefficient (Wildman–Crippen LogP) is 4.18. The number of hydrogen-bond donors (Lipinski definition) is 1. The Labute approximate surface area is 121 Å². The van der Waals surface area contributed by atoms with Gasteiger partial charge in [-0.15, -0.1) is 0 Å². The van der Waals surface area contributed by atoms with Gasteiger partial charge in [0.1, 0.15) is 0 Å². The minimum Gasteiger partial charge on any atom is -0.284 e. The molecule has 0 aliphatic carbocycles. The van der Waals surface area contributed by atoms with E-state index in [0.29, 0.717) is 10.7 Å². The Morgan fingerprint density at radius 2 is 1.89 bits per heavy atom. The van der Waals surface area contributed by atoms with Crippen molar-refractivity contribution in [2.45, 2.75) is 46.0 Å². The smallest absolute Gasteiger partial charge is 0.232 e. The van der Waals surface area contributed by atoms with E-state index in [1.165, 1.54) is 0 Å². The first kappa shape index (κ1) is 16.3. The Balaban J connectivity index is 3.14. The van der Waals surface area contributed by atoms with E-state index in [-0.39, 0.29) is 11.2 Å². The summed E-state index contributed by atoms with van der Waals surface area (Å²) < 4.78 is 25.8. The molecule has 0 bridgehead atoms. The molecule has 1 rings (SSSR count). The highest BCUT2D eigenvalue weighted by atomic mass is 35.5. The Morgan fingerprint density at radius 3 is 2.42 bits per heavy atom. The second kappa shape index (κ2) is 6.14. The Kier molecular flexibility index (Phi) is 5.27. The molecule has 0 aliphatic heterocycles. The maximum Gasteiger partial charge on any atom is 0.232 e. The number of sulfonamides is 1. The average Bonchev–Trinajstić information content (AvgIpc) is 2.31. The first-order chi connectivity index (χ1) is 8.72. The molecule has 5 heteroatoms. The van der Waals surface area contributed by atoms with Gasteiger partial charge in [-0.1, -0.05) is 38.8 Å². The summed E-state index contributed by atoms with van der Waals surface area (Å²) in [4.78, 5) is 0. The summed E-state index contributed by atoms with van der Waals surface area (Å²) in [6, 6.07) is 5.29. The van der Waals surface area contributed by atoms with E-state index >= 15 is 0 Å². The van der Waals surface area contributed by atoms with Gasteiger partial charge in [0.25, 0.3) is 0 Å². The molecule has 0 fully saturated rings. The van der Waals surface area contributed by atoms with Crippen LogP contribution in [0.2, 0.25) is 5.02 Å². The van der Waals surface area contributed by atoms with Gasteiger partial charge >= 0.3 is 0 Å². The summed E-state index contributed by atoms with van der Waals surface area (Å²) in [5, 5.41) is 0.679. The van der Waals surface area contributed by atoms with Crippen LogP contribution in [-0.2, 0) is 15.4 Å². The van der Waals surface area contributed by atoms with Crippen LogP contribution < -0.4 is 4.72 Å². The SMILES string of the molecule is CCCC(C)(C)c1cc(NS(=O)(=O)CC)ccc1Cl. The summed E-state index contributed by atoms with van der Waals surface area (Å²) in [6.07, 6.45) is 2.05. The largest absolute Gasteiger partial charge is 0.284 e. The van der Waals surface area contributed by atoms with E-state index < -0.39 is 10.0 Å². The maximum absolute atomic E-state index is 11.6. The molecule has 0 spiro atoms. The van der Waals surface area contributed by atoms with Crippen molar-refractivity contribution in [2.24, 2.45) is 0 Å². The summed E-state index contributed by atoms with van der Waals surface area (Å²) >= 11 is 6.24. The van der Waals surface area contributed by atoms with Crippen LogP contribution in [0.25, 0.3) is 0 Å². The number of nitrogens with one attached hydrogen (secondary N) is 1. The predicted molar refractivity (Wildman–Crippen MR) is 82.5 cm³/mol. The van der Waals surface area contributed by atoms with E-state index in [2.05, 4.69) is 25.5 Å². The fraction of sp³-hybridized carbons (Fsp3) is 0.571. The standard InChI is InChI=1S/C14H22ClNO2S/c1-5-9-14(3,4)12-10-11(7-8-13(12)15)16-19(17,18)6-2/h7-8,10,16H,5-6,9H2,1-4H3. The third kappa shape index (κ3) is 4.39. The third-order valence-electron chi connectivity index (χ3n) is 3.22. The van der Waals surface area contributed by atoms with Crippen LogP contribution in [0.5, 0.6) is 0 Å². The van der Waals surface area contributed by atoms with Crippen LogP contribution in [0.15, 0.2) is 18.2 Å². The second-order valence-corrected chi connectivity index (χ2v) is 7.75. The van der Waals surface area contributed by atoms with Crippen LogP contribution in [0.4, 0.5) is 5.69 Å². The van der Waals surface area contributed by atoms with Crippen LogP contribution in [0, 0.1) is 0 Å². The maximum atomic E-state index is 11.6. The lowest BCUT2D eigenvalue weighted by molar-refractivity contribution is 0.473. The molecule has 0 atom stereocenters. The van der Waals surface area contributed by atoms with E-state index in [1.54, 1.807) is 19.1 Å². The van der Waals surface area contributed by atoms with Gasteiger partial charge in [-0.25, -0.2) is 8.42 Å². The van der Waals surface area contributed by atoms with Gasteiger partial charge in [0.15, 0.2) is 0 Å². The average molecular weight is 304 g/mol. The molecule has 19 heavy (non-hydrogen) atoms. The van der Waals surface area contributed by atoms with Crippen molar-refractivity contribution >= 4 is 27.3 Å². The molecule has 0 aliphatic rings. The van der Waals surface area contributed by atoms with Gasteiger partial charge in [0.05, 0.1) is 5.75 Å². The monoisotopic (exact) mass is 303 g/mol. The van der Waals surface area contributed by atoms with Gasteiger partial charge in [-0.05, 0) is 42.5 Å². The van der Waals surface area contributed by atoms with Crippen LogP contribution >= 0.6 is 11.6 Å². The van der Waals surface area contributed by atoms with E-state index in [4.69, 9.17) is 11.6 Å². The lowest BCUT2D eigenvalue weighted by Gasteiger charge is -2.26. The zero-order valence-electron chi connectivity index (χ0n) is 12.0. The molecule has 0 radical (unpaired) electrons. The first-order valence-corrected chi connectivity index (χ1v) is 8.55. The molecule has 0 saturated carbocycles. The molecule has 1 N–H and O–H groups in total. The highest BCUT2D eigenvalue weighted by Crippen LogP contribution is 2.35. The van der Waals surface area contributed by atoms with Gasteiger partial charge in [0, 0.05) is 10.7 Å². The highest BCUT2D eigenvalue weighted by molar-refractivity contribution is 7.92. The molecule has 0 heterocycles. The molecule has 0 saturated heterocycles. The van der Waals surface area contributed by atoms with Gasteiger partial charge in [0.2, 0.25) is 10.0 Å². The Bertz CT molecular complexity index is 538. The summed E-state index contributed by atoms with van der Waals surface area (Å²) in [5.41, 5.74) is 1.48. The molecule has 108 valence electrons. The number of halogens is 1. The molecule has 3 nitrogen and oxygen atoms in total. The number of benzene rings is 1. The van der Waals surface area contributed by atoms with E-state index in [1.807, 2.05) is 6.07 Å². The number of hydrogen-bond acceptors (Lipinski definition) is 2. The molecular formula is C14H22ClNO2S. The van der Waals surface area contributed by atoms with E-state index in [0.717, 1.165) is 18.4 Å². The minimum absolute atomic E-state index is 0.0588. The summed E-state index contributed by atoms with van der Waals surface area (Å²) in [6.45, 7) is 7.98. The quantitative estimate of drug-likeness (QED) is 0.857.